The van der Waals surface area contributed by atoms with Gasteiger partial charge in [0.2, 0.25) is 0 Å². The van der Waals surface area contributed by atoms with Crippen LogP contribution < -0.4 is 0 Å². The van der Waals surface area contributed by atoms with E-state index in [1.54, 1.807) is 6.07 Å². The highest BCUT2D eigenvalue weighted by Crippen LogP contribution is 2.60. The number of fused-ring (bicyclic) bond motifs is 1. The van der Waals surface area contributed by atoms with Crippen molar-refractivity contribution < 1.29 is 64.8 Å². The average Bonchev–Trinajstić information content (AvgIpc) is 3.37. The molecule has 6 unspecified atom stereocenters. The third-order valence-corrected chi connectivity index (χ3v) is 10.5. The Kier molecular flexibility index (Phi) is 7.89. The summed E-state index contributed by atoms with van der Waals surface area (Å²) < 4.78 is 98.5. The number of carboxylic acid groups (broad SMARTS) is 1. The summed E-state index contributed by atoms with van der Waals surface area (Å²) in [5, 5.41) is 8.79. The number of carbonyl (C=O) groups excluding carboxylic acids is 3. The van der Waals surface area contributed by atoms with Crippen LogP contribution in [0.2, 0.25) is 0 Å². The van der Waals surface area contributed by atoms with Gasteiger partial charge >= 0.3 is 41.8 Å². The highest BCUT2D eigenvalue weighted by atomic mass is 127. The van der Waals surface area contributed by atoms with Crippen LogP contribution in [-0.4, -0.2) is 59.1 Å². The molecule has 0 spiro atoms. The minimum Gasteiger partial charge on any atom is -0.481 e. The molecule has 17 heteroatoms. The van der Waals surface area contributed by atoms with Crippen LogP contribution in [0.1, 0.15) is 23.2 Å². The first-order valence-electron chi connectivity index (χ1n) is 10.5. The van der Waals surface area contributed by atoms with Gasteiger partial charge in [-0.1, -0.05) is 0 Å². The van der Waals surface area contributed by atoms with E-state index in [9.17, 15) is 45.5 Å². The molecule has 0 amide bonds. The molecule has 0 aromatic heterocycles. The Morgan fingerprint density at radius 1 is 1.03 bits per heavy atom. The van der Waals surface area contributed by atoms with Crippen LogP contribution >= 0.6 is 67.8 Å². The molecule has 1 aromatic rings. The van der Waals surface area contributed by atoms with E-state index < -0.39 is 84.1 Å². The largest absolute Gasteiger partial charge is 0.481 e. The lowest BCUT2D eigenvalue weighted by Gasteiger charge is -2.37. The van der Waals surface area contributed by atoms with E-state index in [2.05, 4.69) is 4.74 Å². The van der Waals surface area contributed by atoms with E-state index in [4.69, 9.17) is 14.6 Å². The highest BCUT2D eigenvalue weighted by Gasteiger charge is 2.77. The second-order valence-corrected chi connectivity index (χ2v) is 12.4. The first-order valence-corrected chi connectivity index (χ1v) is 13.8. The zero-order valence-electron chi connectivity index (χ0n) is 18.2. The van der Waals surface area contributed by atoms with E-state index in [1.165, 1.54) is 6.07 Å². The number of carboxylic acids is 1. The molecule has 38 heavy (non-hydrogen) atoms. The SMILES string of the molecule is O=C(O)CC(OC(=O)C1C2CC3C(OC(=O)C31)C2OC(=O)c1cc(I)cc(I)c1I)(C(F)(F)F)C(F)(F)F. The number of hydrogen-bond acceptors (Lipinski definition) is 7. The van der Waals surface area contributed by atoms with Crippen molar-refractivity contribution in [1.29, 1.82) is 0 Å². The lowest BCUT2D eigenvalue weighted by Crippen LogP contribution is -2.61. The maximum atomic E-state index is 13.6. The predicted octanol–water partition coefficient (Wildman–Crippen LogP) is 4.71. The number of halogens is 9. The van der Waals surface area contributed by atoms with Crippen molar-refractivity contribution in [2.45, 2.75) is 43.0 Å². The lowest BCUT2D eigenvalue weighted by atomic mass is 9.78. The molecular formula is C21H13F6I3O8. The standard InChI is InChI=1S/C21H13F6I3O8/c22-20(23,24)19(4-10(31)32,21(25,26)27)38-18(35)12-7-3-6-11(12)17(34)37-15(6)14(7)36-16(33)8-1-5(28)2-9(29)13(8)30/h1-2,6-7,11-12,14-15H,3-4H2,(H,31,32). The number of rotatable bonds is 6. The zero-order chi connectivity index (χ0) is 28.5. The van der Waals surface area contributed by atoms with Crippen molar-refractivity contribution in [3.8, 4) is 0 Å². The maximum Gasteiger partial charge on any atom is 0.438 e. The molecule has 8 nitrogen and oxygen atoms in total. The summed E-state index contributed by atoms with van der Waals surface area (Å²) in [6.07, 6.45) is -17.8. The van der Waals surface area contributed by atoms with E-state index >= 15 is 0 Å². The zero-order valence-corrected chi connectivity index (χ0v) is 24.7. The van der Waals surface area contributed by atoms with Gasteiger partial charge in [0.05, 0.1) is 17.4 Å². The number of carbonyl (C=O) groups is 4. The summed E-state index contributed by atoms with van der Waals surface area (Å²) in [7, 11) is 0. The molecule has 208 valence electrons. The topological polar surface area (TPSA) is 116 Å². The van der Waals surface area contributed by atoms with Gasteiger partial charge in [-0.15, -0.1) is 0 Å². The fraction of sp³-hybridized carbons (Fsp3) is 0.524. The average molecular weight is 888 g/mol. The van der Waals surface area contributed by atoms with Crippen molar-refractivity contribution in [3.63, 3.8) is 0 Å². The Morgan fingerprint density at radius 3 is 2.18 bits per heavy atom. The van der Waals surface area contributed by atoms with Gasteiger partial charge in [0.25, 0.3) is 0 Å². The van der Waals surface area contributed by atoms with Gasteiger partial charge < -0.3 is 19.3 Å². The molecule has 1 aromatic carbocycles. The lowest BCUT2D eigenvalue weighted by molar-refractivity contribution is -0.371. The normalized spacial score (nSPS) is 28.3. The monoisotopic (exact) mass is 888 g/mol. The summed E-state index contributed by atoms with van der Waals surface area (Å²) >= 11 is 5.83. The van der Waals surface area contributed by atoms with Crippen molar-refractivity contribution >= 4 is 91.6 Å². The van der Waals surface area contributed by atoms with Crippen molar-refractivity contribution in [2.24, 2.45) is 23.7 Å². The van der Waals surface area contributed by atoms with Crippen molar-refractivity contribution in [2.75, 3.05) is 0 Å². The number of aliphatic carboxylic acids is 1. The second kappa shape index (κ2) is 10.1. The molecule has 4 rings (SSSR count). The molecule has 1 N–H and O–H groups in total. The molecule has 1 aliphatic heterocycles. The van der Waals surface area contributed by atoms with Gasteiger partial charge in [-0.25, -0.2) is 4.79 Å². The van der Waals surface area contributed by atoms with Crippen LogP contribution in [0.3, 0.4) is 0 Å². The van der Waals surface area contributed by atoms with Crippen LogP contribution in [0, 0.1) is 34.4 Å². The second-order valence-electron chi connectivity index (χ2n) is 8.95. The third-order valence-electron chi connectivity index (χ3n) is 6.86. The van der Waals surface area contributed by atoms with Gasteiger partial charge in [0, 0.05) is 22.5 Å². The van der Waals surface area contributed by atoms with Gasteiger partial charge in [-0.2, -0.15) is 26.3 Å². The summed E-state index contributed by atoms with van der Waals surface area (Å²) in [5.41, 5.74) is -5.23. The van der Waals surface area contributed by atoms with Crippen LogP contribution in [0.4, 0.5) is 26.3 Å². The maximum absolute atomic E-state index is 13.6. The number of alkyl halides is 6. The summed E-state index contributed by atoms with van der Waals surface area (Å²) in [4.78, 5) is 49.4. The Morgan fingerprint density at radius 2 is 1.63 bits per heavy atom. The summed E-state index contributed by atoms with van der Waals surface area (Å²) in [6.45, 7) is 0. The van der Waals surface area contributed by atoms with Crippen LogP contribution in [-0.2, 0) is 28.6 Å². The quantitative estimate of drug-likeness (QED) is 0.144. The first kappa shape index (κ1) is 29.8. The minimum absolute atomic E-state index is 0.0658. The predicted molar refractivity (Wildman–Crippen MR) is 135 cm³/mol. The van der Waals surface area contributed by atoms with E-state index in [-0.39, 0.29) is 12.0 Å². The summed E-state index contributed by atoms with van der Waals surface area (Å²) in [5.74, 6) is -11.8. The molecule has 2 bridgehead atoms. The van der Waals surface area contributed by atoms with E-state index in [0.29, 0.717) is 10.7 Å². The fourth-order valence-electron chi connectivity index (χ4n) is 5.33. The Hall–Kier alpha value is -1.13. The number of hydrogen-bond donors (Lipinski definition) is 1. The van der Waals surface area contributed by atoms with Crippen molar-refractivity contribution in [3.05, 3.63) is 28.4 Å². The van der Waals surface area contributed by atoms with Crippen molar-refractivity contribution in [1.82, 2.24) is 0 Å². The number of ether oxygens (including phenoxy) is 3. The number of benzene rings is 1. The van der Waals surface area contributed by atoms with Crippen LogP contribution in [0.5, 0.6) is 0 Å². The Labute approximate surface area is 249 Å². The van der Waals surface area contributed by atoms with Gasteiger partial charge in [-0.05, 0) is 86.3 Å². The molecule has 1 saturated heterocycles. The minimum atomic E-state index is -6.35. The Bertz CT molecular complexity index is 1200. The molecule has 6 atom stereocenters. The van der Waals surface area contributed by atoms with Crippen LogP contribution in [0.15, 0.2) is 12.1 Å². The number of esters is 3. The molecule has 3 fully saturated rings. The van der Waals surface area contributed by atoms with E-state index in [1.807, 2.05) is 67.8 Å². The molecular weight excluding hydrogens is 875 g/mol. The van der Waals surface area contributed by atoms with Gasteiger partial charge in [-0.3, -0.25) is 14.4 Å². The molecule has 2 saturated carbocycles. The molecule has 0 radical (unpaired) electrons. The fourth-order valence-corrected chi connectivity index (χ4v) is 7.70. The first-order chi connectivity index (χ1) is 17.4. The smallest absolute Gasteiger partial charge is 0.438 e. The van der Waals surface area contributed by atoms with Crippen LogP contribution in [0.25, 0.3) is 0 Å². The van der Waals surface area contributed by atoms with Gasteiger partial charge in [0.1, 0.15) is 18.6 Å². The highest BCUT2D eigenvalue weighted by molar-refractivity contribution is 14.1. The molecule has 1 heterocycles. The van der Waals surface area contributed by atoms with Gasteiger partial charge in [0.15, 0.2) is 0 Å². The molecule has 3 aliphatic rings. The molecule has 2 aliphatic carbocycles. The third kappa shape index (κ3) is 4.84. The van der Waals surface area contributed by atoms with E-state index in [0.717, 1.165) is 0 Å². The Balaban J connectivity index is 1.66. The summed E-state index contributed by atoms with van der Waals surface area (Å²) in [6, 6.07) is 3.28.